The van der Waals surface area contributed by atoms with Crippen LogP contribution in [0.15, 0.2) is 94.7 Å². The molecular weight excluding hydrogens is 1300 g/mol. The summed E-state index contributed by atoms with van der Waals surface area (Å²) in [6.45, 7) is 27.2. The van der Waals surface area contributed by atoms with Crippen molar-refractivity contribution in [3.8, 4) is 24.2 Å². The smallest absolute Gasteiger partial charge is 0.118 e. The molecule has 6 N–H and O–H groups in total. The highest BCUT2D eigenvalue weighted by Gasteiger charge is 2.16. The first kappa shape index (κ1) is 109. The largest absolute Gasteiger partial charge is 0.465 e. The normalized spacial score (nSPS) is 11.9. The van der Waals surface area contributed by atoms with E-state index in [0.717, 1.165) is 121 Å². The van der Waals surface area contributed by atoms with Gasteiger partial charge in [0.05, 0.1) is 32.3 Å². The molecule has 0 saturated heterocycles. The predicted octanol–water partition coefficient (Wildman–Crippen LogP) is 11.1. The number of unbranched alkanes of at least 4 members (excludes halogenated alkanes) is 4. The van der Waals surface area contributed by atoms with Gasteiger partial charge in [0.1, 0.15) is 11.5 Å². The highest BCUT2D eigenvalue weighted by molar-refractivity contribution is 7.09. The summed E-state index contributed by atoms with van der Waals surface area (Å²) in [7, 11) is 38.6. The second-order valence-electron chi connectivity index (χ2n) is 29.1. The van der Waals surface area contributed by atoms with E-state index < -0.39 is 0 Å². The molecule has 0 bridgehead atoms. The van der Waals surface area contributed by atoms with Crippen molar-refractivity contribution in [2.75, 3.05) is 239 Å². The van der Waals surface area contributed by atoms with E-state index in [0.29, 0.717) is 26.4 Å². The molecular formula is C83H161N11O7S. The van der Waals surface area contributed by atoms with E-state index in [9.17, 15) is 0 Å². The first-order valence-electron chi connectivity index (χ1n) is 37.2. The zero-order valence-corrected chi connectivity index (χ0v) is 71.0. The maximum Gasteiger partial charge on any atom is 0.118 e. The Morgan fingerprint density at radius 2 is 1.01 bits per heavy atom. The molecule has 102 heavy (non-hydrogen) atoms. The molecule has 0 aliphatic heterocycles. The lowest BCUT2D eigenvalue weighted by atomic mass is 9.89. The Labute approximate surface area is 633 Å². The van der Waals surface area contributed by atoms with Crippen LogP contribution in [0, 0.1) is 42.4 Å². The van der Waals surface area contributed by atoms with E-state index in [1.807, 2.05) is 194 Å². The van der Waals surface area contributed by atoms with Gasteiger partial charge in [0.25, 0.3) is 0 Å². The van der Waals surface area contributed by atoms with Crippen LogP contribution in [0.1, 0.15) is 139 Å². The average Bonchev–Trinajstić information content (AvgIpc) is 1.95. The minimum absolute atomic E-state index is 0.0451. The minimum atomic E-state index is -0.199. The number of furan rings is 1. The highest BCUT2D eigenvalue weighted by Crippen LogP contribution is 2.23. The molecule has 1 atom stereocenters. The van der Waals surface area contributed by atoms with Crippen molar-refractivity contribution in [3.05, 3.63) is 118 Å². The number of terminal acetylenes is 1. The van der Waals surface area contributed by atoms with Crippen LogP contribution in [0.4, 0.5) is 0 Å². The molecule has 0 radical (unpaired) electrons. The summed E-state index contributed by atoms with van der Waals surface area (Å²) in [5, 5.41) is 52.9. The van der Waals surface area contributed by atoms with Crippen LogP contribution in [-0.2, 0) is 19.6 Å². The number of thiophene rings is 1. The number of aliphatic hydroxyl groups excluding tert-OH is 6. The summed E-state index contributed by atoms with van der Waals surface area (Å²) in [5.41, 5.74) is 2.44. The quantitative estimate of drug-likeness (QED) is 0.0201. The van der Waals surface area contributed by atoms with Gasteiger partial charge < -0.3 is 79.2 Å². The molecule has 0 spiro atoms. The Kier molecular flexibility index (Phi) is 83.1. The van der Waals surface area contributed by atoms with Crippen molar-refractivity contribution < 1.29 is 35.1 Å². The van der Waals surface area contributed by atoms with Crippen LogP contribution in [0.5, 0.6) is 0 Å². The van der Waals surface area contributed by atoms with Crippen LogP contribution in [-0.4, -0.2) is 330 Å². The zero-order valence-electron chi connectivity index (χ0n) is 70.2. The van der Waals surface area contributed by atoms with E-state index in [4.69, 9.17) is 41.5 Å². The van der Waals surface area contributed by atoms with Crippen molar-refractivity contribution in [1.82, 2.24) is 53.9 Å². The molecule has 1 saturated carbocycles. The molecule has 2 aromatic heterocycles. The summed E-state index contributed by atoms with van der Waals surface area (Å²) in [6, 6.07) is 28.7. The summed E-state index contributed by atoms with van der Waals surface area (Å²) in [6.07, 6.45) is 19.9. The number of aliphatic hydroxyl groups is 6. The molecule has 1 fully saturated rings. The second-order valence-corrected chi connectivity index (χ2v) is 30.1. The maximum absolute atomic E-state index is 8.82. The van der Waals surface area contributed by atoms with Gasteiger partial charge in [-0.15, -0.1) is 17.8 Å². The second kappa shape index (κ2) is 77.9. The van der Waals surface area contributed by atoms with Crippen molar-refractivity contribution in [1.29, 1.82) is 0 Å². The number of hydrogen-bond donors (Lipinski definition) is 6. The lowest BCUT2D eigenvalue weighted by Crippen LogP contribution is -2.31. The van der Waals surface area contributed by atoms with E-state index in [1.165, 1.54) is 74.9 Å². The third kappa shape index (κ3) is 93.9. The Balaban J connectivity index is -0.000000250. The predicted molar refractivity (Wildman–Crippen MR) is 445 cm³/mol. The van der Waals surface area contributed by atoms with Crippen LogP contribution in [0.25, 0.3) is 0 Å². The van der Waals surface area contributed by atoms with Crippen LogP contribution < -0.4 is 0 Å². The van der Waals surface area contributed by atoms with Crippen LogP contribution >= 0.6 is 11.3 Å². The Morgan fingerprint density at radius 3 is 1.36 bits per heavy atom. The van der Waals surface area contributed by atoms with Crippen molar-refractivity contribution >= 4 is 11.3 Å². The number of nitrogens with zero attached hydrogens (tertiary/aromatic N) is 11. The van der Waals surface area contributed by atoms with Crippen molar-refractivity contribution in [3.63, 3.8) is 0 Å². The molecule has 0 amide bonds. The lowest BCUT2D eigenvalue weighted by molar-refractivity contribution is 0.125. The molecule has 1 aliphatic rings. The monoisotopic (exact) mass is 1460 g/mol. The van der Waals surface area contributed by atoms with Gasteiger partial charge in [0.15, 0.2) is 0 Å². The lowest BCUT2D eigenvalue weighted by Gasteiger charge is -2.25. The fourth-order valence-electron chi connectivity index (χ4n) is 9.27. The molecule has 596 valence electrons. The van der Waals surface area contributed by atoms with Gasteiger partial charge in [0, 0.05) is 81.6 Å². The summed E-state index contributed by atoms with van der Waals surface area (Å²) >= 11 is 1.81. The number of likely N-dealkylation sites (N-methyl/N-ethyl adjacent to an activating group) is 2. The van der Waals surface area contributed by atoms with Crippen molar-refractivity contribution in [2.45, 2.75) is 144 Å². The summed E-state index contributed by atoms with van der Waals surface area (Å²) in [4.78, 5) is 24.7. The fourth-order valence-corrected chi connectivity index (χ4v) is 10.1. The van der Waals surface area contributed by atoms with Crippen LogP contribution in [0.2, 0.25) is 0 Å². The molecule has 1 unspecified atom stereocenters. The van der Waals surface area contributed by atoms with E-state index in [-0.39, 0.29) is 24.7 Å². The van der Waals surface area contributed by atoms with Crippen LogP contribution in [0.3, 0.4) is 0 Å². The van der Waals surface area contributed by atoms with Gasteiger partial charge >= 0.3 is 0 Å². The van der Waals surface area contributed by atoms with Crippen molar-refractivity contribution in [2.24, 2.45) is 11.3 Å². The van der Waals surface area contributed by atoms with Gasteiger partial charge in [-0.3, -0.25) is 9.80 Å². The SMILES string of the molecule is C#CCN(C)Cc1ccccc1.CC(O)CN(C)C.CCN(CC)CC#Cc1ccccc1.CN(C)CC(C)(C)CO.CN(C)CC1CCCCC1.CN(C)CCCCCCO.CN(C)CCCCO.CN(C)CCCO.CN(C)CCO.CN(C)Cc1cccs1.Cc1ccc(CN(C)C)o1. The molecule has 5 rings (SSSR count). The number of hydrogen-bond acceptors (Lipinski definition) is 19. The Hall–Kier alpha value is -4.14. The Bertz CT molecular complexity index is 2340. The van der Waals surface area contributed by atoms with Gasteiger partial charge in [-0.05, 0) is 273 Å². The first-order valence-corrected chi connectivity index (χ1v) is 38.1. The van der Waals surface area contributed by atoms with E-state index in [2.05, 4.69) is 148 Å². The molecule has 4 aromatic rings. The maximum atomic E-state index is 8.82. The van der Waals surface area contributed by atoms with Gasteiger partial charge in [-0.25, -0.2) is 0 Å². The topological polar surface area (TPSA) is 170 Å². The van der Waals surface area contributed by atoms with E-state index in [1.54, 1.807) is 6.92 Å². The zero-order chi connectivity index (χ0) is 79.0. The molecule has 18 nitrogen and oxygen atoms in total. The first-order chi connectivity index (χ1) is 48.1. The third-order valence-corrected chi connectivity index (χ3v) is 15.0. The van der Waals surface area contributed by atoms with Gasteiger partial charge in [-0.2, -0.15) is 0 Å². The standard InChI is InChI=1S/C13H17N.C11H13N.C9H19N.C8H13NO.C8H19NO.C7H17NO.C7H11NS.C6H15NO.2C5H13NO.C4H11NO/c1-3-14(4-2)12-8-11-13-9-6-5-7-10-13;1-3-9-12(2)10-11-7-5-4-6-8-11;1-10(2)8-9-6-4-3-5-7-9;1-7-4-5-8(10-7)6-9(2)3;1-9(2)7-5-3-4-6-8-10;1-7(2,6-9)5-8(3)4;1-8(2)6-7-4-3-5-9-7;1-7(2)5-3-4-6-8;1-5(7)4-6(2)3;1-6(2)4-3-5-7;1-5(2)3-4-6/h5-7,9-10H,3-4,12H2,1-2H3;1,4-8H,9-10H2,2H3;9H,3-8H2,1-2H3;4-5H,6H2,1-3H3;10H,3-8H2,1-2H3;9H,5-6H2,1-4H3;3-5H,6H2,1-2H3;8H,3-6H2,1-2H3;5,7H,4H2,1-3H3;7H,3-5H2,1-2H3;6H,3-4H2,1-2H3. The van der Waals surface area contributed by atoms with E-state index >= 15 is 0 Å². The third-order valence-electron chi connectivity index (χ3n) is 14.2. The fraction of sp³-hybridized carbons (Fsp3) is 0.711. The Morgan fingerprint density at radius 1 is 0.520 bits per heavy atom. The number of benzene rings is 2. The average molecular weight is 1460 g/mol. The number of aryl methyl sites for hydroxylation is 1. The molecule has 19 heteroatoms. The molecule has 2 aromatic carbocycles. The minimum Gasteiger partial charge on any atom is -0.465 e. The number of rotatable bonds is 32. The summed E-state index contributed by atoms with van der Waals surface area (Å²) < 4.78 is 5.35. The summed E-state index contributed by atoms with van der Waals surface area (Å²) in [5.74, 6) is 12.0. The highest BCUT2D eigenvalue weighted by atomic mass is 32.1. The molecule has 2 heterocycles. The molecule has 1 aliphatic carbocycles. The van der Waals surface area contributed by atoms with Gasteiger partial charge in [-0.1, -0.05) is 132 Å². The van der Waals surface area contributed by atoms with Gasteiger partial charge in [0.2, 0.25) is 0 Å².